The molecule has 33 heteroatoms. The number of carbonyl (C=O) groups is 12. The molecule has 0 spiro atoms. The summed E-state index contributed by atoms with van der Waals surface area (Å²) in [6.07, 6.45) is 19.8. The molecule has 7 atom stereocenters. The number of anilines is 4. The molecule has 8 aromatic carbocycles. The molecular formula is C117H144N20O13. The predicted molar refractivity (Wildman–Crippen MR) is 572 cm³/mol. The number of phenols is 1. The van der Waals surface area contributed by atoms with Crippen LogP contribution in [-0.2, 0) is 51.9 Å². The van der Waals surface area contributed by atoms with Gasteiger partial charge >= 0.3 is 48.2 Å². The number of aromatic hydroxyl groups is 1. The number of likely N-dealkylation sites (tertiary alicyclic amines) is 8. The molecule has 3 aliphatic carbocycles. The molecule has 3 saturated carbocycles. The van der Waals surface area contributed by atoms with Crippen molar-refractivity contribution in [1.29, 1.82) is 0 Å². The van der Waals surface area contributed by atoms with E-state index in [0.717, 1.165) is 160 Å². The quantitative estimate of drug-likeness (QED) is 0.0364. The summed E-state index contributed by atoms with van der Waals surface area (Å²) in [5, 5.41) is 34.0. The van der Waals surface area contributed by atoms with E-state index < -0.39 is 24.2 Å². The van der Waals surface area contributed by atoms with E-state index in [9.17, 15) is 62.6 Å². The van der Waals surface area contributed by atoms with E-state index in [4.69, 9.17) is 0 Å². The van der Waals surface area contributed by atoms with Crippen molar-refractivity contribution in [2.75, 3.05) is 119 Å². The first-order chi connectivity index (χ1) is 73.1. The molecule has 15 aliphatic rings. The van der Waals surface area contributed by atoms with Gasteiger partial charge in [0.1, 0.15) is 29.9 Å². The lowest BCUT2D eigenvalue weighted by molar-refractivity contribution is -0.134. The second-order valence-corrected chi connectivity index (χ2v) is 43.8. The fourth-order valence-electron chi connectivity index (χ4n) is 24.0. The van der Waals surface area contributed by atoms with Gasteiger partial charge in [-0.25, -0.2) is 38.4 Å². The molecule has 12 aliphatic heterocycles. The number of benzene rings is 8. The summed E-state index contributed by atoms with van der Waals surface area (Å²) in [7, 11) is 0. The van der Waals surface area contributed by atoms with Crippen molar-refractivity contribution in [2.45, 2.75) is 246 Å². The molecule has 0 unspecified atom stereocenters. The summed E-state index contributed by atoms with van der Waals surface area (Å²) < 4.78 is 0. The van der Waals surface area contributed by atoms with Crippen LogP contribution in [-0.4, -0.2) is 282 Å². The van der Waals surface area contributed by atoms with Gasteiger partial charge in [-0.1, -0.05) is 176 Å². The Morgan fingerprint density at radius 1 is 0.273 bits per heavy atom. The molecule has 11 fully saturated rings. The van der Waals surface area contributed by atoms with Crippen LogP contribution in [0, 0.1) is 17.8 Å². The molecule has 0 aromatic heterocycles. The zero-order valence-electron chi connectivity index (χ0n) is 85.9. The highest BCUT2D eigenvalue weighted by atomic mass is 16.3. The van der Waals surface area contributed by atoms with Gasteiger partial charge in [0.05, 0.1) is 0 Å². The van der Waals surface area contributed by atoms with Gasteiger partial charge in [0.15, 0.2) is 0 Å². The second-order valence-electron chi connectivity index (χ2n) is 43.8. The number of para-hydroxylation sites is 4. The Labute approximate surface area is 878 Å². The van der Waals surface area contributed by atoms with Crippen LogP contribution in [0.15, 0.2) is 212 Å². The Balaban J connectivity index is 0.000000121. The highest BCUT2D eigenvalue weighted by Crippen LogP contribution is 2.41. The van der Waals surface area contributed by atoms with Crippen LogP contribution >= 0.6 is 0 Å². The molecule has 20 amide bonds. The normalized spacial score (nSPS) is 23.6. The lowest BCUT2D eigenvalue weighted by Gasteiger charge is -2.40. The molecule has 33 nitrogen and oxygen atoms in total. The number of urea groups is 8. The van der Waals surface area contributed by atoms with Crippen LogP contribution in [0.25, 0.3) is 0 Å². The van der Waals surface area contributed by atoms with Crippen molar-refractivity contribution in [3.63, 3.8) is 0 Å². The van der Waals surface area contributed by atoms with Crippen LogP contribution in [0.3, 0.4) is 0 Å². The minimum absolute atomic E-state index is 0.0576. The van der Waals surface area contributed by atoms with E-state index in [0.29, 0.717) is 148 Å². The lowest BCUT2D eigenvalue weighted by Crippen LogP contribution is -2.55. The van der Waals surface area contributed by atoms with Crippen molar-refractivity contribution >= 4 is 94.6 Å². The monoisotopic (exact) mass is 2040 g/mol. The number of carbonyl (C=O) groups excluding carboxylic acids is 12. The Hall–Kier alpha value is -14.4. The van der Waals surface area contributed by atoms with Crippen molar-refractivity contribution in [3.05, 3.63) is 257 Å². The SMILES string of the molecule is O=C(N[C@@H]1CCCCN(Cc2cccc(O)c2)C1=O)N1CCC(N2Cc3ccccc3NC2=O)CC1.O=C(N[C@@H]1CC[C@@H](c2ccccc2)CN(CC2CC2)C1=O)N1CCC(N2Cc3ccccc3NC2=O)CC1.O=C(N[C@@H]1CC[C@H](c2ccccc2)CN(CC2CC2)C1=O)N1CCC(N2Cc3ccccc3NC2=O)CC1.O=C(N[C@H]1CC[C@H](c2ccccc2)CN(CC2CC2)C1=O)N1CCC(N2Cc3ccccc3NC2=O)CC1. The Morgan fingerprint density at radius 3 is 0.820 bits per heavy atom. The van der Waals surface area contributed by atoms with E-state index in [1.165, 1.54) is 55.2 Å². The Bertz CT molecular complexity index is 5680. The molecule has 9 N–H and O–H groups in total. The summed E-state index contributed by atoms with van der Waals surface area (Å²) in [5.41, 5.74) is 12.6. The lowest BCUT2D eigenvalue weighted by atomic mass is 9.93. The fraction of sp³-hybridized carbons (Fsp3) is 0.487. The molecule has 0 radical (unpaired) electrons. The first kappa shape index (κ1) is 103. The molecule has 23 rings (SSSR count). The van der Waals surface area contributed by atoms with E-state index >= 15 is 0 Å². The average molecular weight is 2040 g/mol. The minimum atomic E-state index is -0.556. The minimum Gasteiger partial charge on any atom is -0.508 e. The number of rotatable bonds is 19. The summed E-state index contributed by atoms with van der Waals surface area (Å²) >= 11 is 0. The van der Waals surface area contributed by atoms with E-state index in [-0.39, 0.29) is 120 Å². The van der Waals surface area contributed by atoms with Crippen LogP contribution < -0.4 is 42.5 Å². The highest BCUT2D eigenvalue weighted by molar-refractivity contribution is 5.96. The molecule has 8 aromatic rings. The third-order valence-electron chi connectivity index (χ3n) is 33.4. The third-order valence-corrected chi connectivity index (χ3v) is 33.4. The van der Waals surface area contributed by atoms with Gasteiger partial charge in [0.2, 0.25) is 23.6 Å². The molecule has 150 heavy (non-hydrogen) atoms. The molecule has 8 saturated heterocycles. The van der Waals surface area contributed by atoms with E-state index in [1.807, 2.05) is 170 Å². The van der Waals surface area contributed by atoms with Gasteiger partial charge in [0.25, 0.3) is 0 Å². The number of nitrogens with one attached hydrogen (secondary N) is 8. The van der Waals surface area contributed by atoms with Crippen LogP contribution in [0.1, 0.15) is 210 Å². The van der Waals surface area contributed by atoms with Crippen molar-refractivity contribution in [1.82, 2.24) is 80.1 Å². The number of hydrogen-bond donors (Lipinski definition) is 9. The molecular weight excluding hydrogens is 1890 g/mol. The number of nitrogens with zero attached hydrogens (tertiary/aromatic N) is 12. The van der Waals surface area contributed by atoms with Gasteiger partial charge in [-0.05, 0) is 246 Å². The maximum atomic E-state index is 13.5. The van der Waals surface area contributed by atoms with Crippen molar-refractivity contribution in [2.24, 2.45) is 17.8 Å². The first-order valence-electron chi connectivity index (χ1n) is 55.0. The van der Waals surface area contributed by atoms with Gasteiger partial charge in [-0.15, -0.1) is 0 Å². The fourth-order valence-corrected chi connectivity index (χ4v) is 24.0. The maximum absolute atomic E-state index is 13.5. The van der Waals surface area contributed by atoms with Crippen LogP contribution in [0.2, 0.25) is 0 Å². The van der Waals surface area contributed by atoms with Gasteiger partial charge in [0, 0.05) is 196 Å². The molecule has 790 valence electrons. The Morgan fingerprint density at radius 2 is 0.540 bits per heavy atom. The van der Waals surface area contributed by atoms with Crippen molar-refractivity contribution < 1.29 is 62.6 Å². The zero-order valence-corrected chi connectivity index (χ0v) is 85.9. The van der Waals surface area contributed by atoms with Gasteiger partial charge < -0.3 is 106 Å². The summed E-state index contributed by atoms with van der Waals surface area (Å²) in [6, 6.07) is 67.0. The predicted octanol–water partition coefficient (Wildman–Crippen LogP) is 16.7. The zero-order chi connectivity index (χ0) is 103. The van der Waals surface area contributed by atoms with Crippen LogP contribution in [0.4, 0.5) is 61.1 Å². The summed E-state index contributed by atoms with van der Waals surface area (Å²) in [4.78, 5) is 180. The highest BCUT2D eigenvalue weighted by Gasteiger charge is 2.45. The van der Waals surface area contributed by atoms with E-state index in [2.05, 4.69) is 115 Å². The second kappa shape index (κ2) is 47.6. The van der Waals surface area contributed by atoms with Gasteiger partial charge in [-0.2, -0.15) is 0 Å². The standard InChI is InChI=1S/3C30H37N5O3.C27H33N5O4/c3*36-28-27(13-12-23(22-6-2-1-3-7-22)19-34(28)18-21-10-11-21)32-29(37)33-16-14-25(15-17-33)35-20-24-8-4-5-9-26(24)31-30(35)38;33-22-8-5-6-19(16-22)17-31-13-4-3-10-24(25(31)34)29-26(35)30-14-11-21(12-15-30)32-18-20-7-1-2-9-23(20)28-27(32)36/h3*1-9,21,23,25,27H,10-20H2,(H,31,38)(H,32,37);1-2,5-9,16,21,24,33H,3-4,10-15,17-18H2,(H,28,36)(H,29,35)/t23-,27+;2*23-,27-;24-/m0101/s1. The average Bonchev–Trinajstić information content (AvgIpc) is 1.74. The van der Waals surface area contributed by atoms with Gasteiger partial charge in [-0.3, -0.25) is 19.2 Å². The number of fused-ring (bicyclic) bond motifs is 4. The summed E-state index contributed by atoms with van der Waals surface area (Å²) in [6.45, 7) is 12.4. The topological polar surface area (TPSA) is 360 Å². The smallest absolute Gasteiger partial charge is 0.322 e. The maximum Gasteiger partial charge on any atom is 0.322 e. The van der Waals surface area contributed by atoms with Crippen LogP contribution in [0.5, 0.6) is 5.75 Å². The number of phenolic OH excluding ortho intramolecular Hbond substituents is 1. The first-order valence-corrected chi connectivity index (χ1v) is 55.0. The van der Waals surface area contributed by atoms with Crippen molar-refractivity contribution in [3.8, 4) is 5.75 Å². The number of amides is 20. The van der Waals surface area contributed by atoms with E-state index in [1.54, 1.807) is 28.0 Å². The molecule has 0 bridgehead atoms. The summed E-state index contributed by atoms with van der Waals surface area (Å²) in [5.74, 6) is 2.93. The number of piperidine rings is 4. The molecule has 12 heterocycles. The largest absolute Gasteiger partial charge is 0.508 e. The Kier molecular flexibility index (Phi) is 32.6. The number of hydrogen-bond acceptors (Lipinski definition) is 13. The third kappa shape index (κ3) is 25.7.